The summed E-state index contributed by atoms with van der Waals surface area (Å²) >= 11 is 0. The second-order valence-corrected chi connectivity index (χ2v) is 4.12. The molecule has 2 aliphatic rings. The zero-order valence-electron chi connectivity index (χ0n) is 9.03. The average molecular weight is 207 g/mol. The number of rotatable bonds is 0. The van der Waals surface area contributed by atoms with Gasteiger partial charge < -0.3 is 5.32 Å². The zero-order chi connectivity index (χ0) is 10.8. The summed E-state index contributed by atoms with van der Waals surface area (Å²) in [7, 11) is 0. The molecule has 0 amide bonds. The monoisotopic (exact) mass is 207 g/mol. The van der Waals surface area contributed by atoms with Crippen LogP contribution in [0, 0.1) is 17.8 Å². The molecule has 0 fully saturated rings. The Morgan fingerprint density at radius 3 is 3.19 bits per heavy atom. The van der Waals surface area contributed by atoms with Crippen molar-refractivity contribution in [3.63, 3.8) is 0 Å². The van der Waals surface area contributed by atoms with Gasteiger partial charge in [0.15, 0.2) is 0 Å². The molecule has 0 bridgehead atoms. The van der Waals surface area contributed by atoms with Crippen molar-refractivity contribution in [1.29, 1.82) is 0 Å². The van der Waals surface area contributed by atoms with Crippen LogP contribution in [-0.2, 0) is 6.54 Å². The van der Waals surface area contributed by atoms with Gasteiger partial charge in [-0.05, 0) is 24.1 Å². The minimum atomic E-state index is 0.346. The topological polar surface area (TPSA) is 12.0 Å². The van der Waals surface area contributed by atoms with E-state index in [0.717, 1.165) is 18.5 Å². The first-order chi connectivity index (χ1) is 7.93. The van der Waals surface area contributed by atoms with Crippen LogP contribution in [0.15, 0.2) is 48.2 Å². The Morgan fingerprint density at radius 1 is 1.25 bits per heavy atom. The molecule has 1 heterocycles. The maximum atomic E-state index is 3.49. The Balaban J connectivity index is 2.03. The fraction of sp³-hybridized carbons (Fsp3) is 0.200. The van der Waals surface area contributed by atoms with E-state index in [1.54, 1.807) is 0 Å². The largest absolute Gasteiger partial charge is 0.383 e. The number of fused-ring (bicyclic) bond motifs is 2. The summed E-state index contributed by atoms with van der Waals surface area (Å²) in [5, 5.41) is 3.49. The van der Waals surface area contributed by atoms with Gasteiger partial charge in [-0.15, -0.1) is 0 Å². The molecule has 1 aromatic rings. The molecule has 16 heavy (non-hydrogen) atoms. The number of allylic oxidation sites excluding steroid dienone is 4. The van der Waals surface area contributed by atoms with Crippen molar-refractivity contribution in [2.24, 2.45) is 5.92 Å². The standard InChI is InChI=1S/C15H13N/c1-2-7-14-11-16-15-8-4-3-6-13(15)10-9-12(14)5-1/h1-5,7-8,13,16H,6,11H2. The third-order valence-corrected chi connectivity index (χ3v) is 3.04. The summed E-state index contributed by atoms with van der Waals surface area (Å²) in [4.78, 5) is 0. The van der Waals surface area contributed by atoms with Crippen molar-refractivity contribution in [3.05, 3.63) is 59.3 Å². The molecule has 0 aromatic heterocycles. The first-order valence-electron chi connectivity index (χ1n) is 5.63. The molecule has 0 spiro atoms. The summed E-state index contributed by atoms with van der Waals surface area (Å²) < 4.78 is 0. The van der Waals surface area contributed by atoms with Crippen molar-refractivity contribution in [2.45, 2.75) is 13.0 Å². The summed E-state index contributed by atoms with van der Waals surface area (Å²) in [6.45, 7) is 0.876. The lowest BCUT2D eigenvalue weighted by molar-refractivity contribution is 0.664. The van der Waals surface area contributed by atoms with E-state index in [1.807, 2.05) is 6.07 Å². The Labute approximate surface area is 95.9 Å². The van der Waals surface area contributed by atoms with Gasteiger partial charge >= 0.3 is 0 Å². The van der Waals surface area contributed by atoms with E-state index in [2.05, 4.69) is 53.6 Å². The fourth-order valence-corrected chi connectivity index (χ4v) is 2.11. The minimum Gasteiger partial charge on any atom is -0.383 e. The van der Waals surface area contributed by atoms with Crippen LogP contribution in [0.2, 0.25) is 0 Å². The van der Waals surface area contributed by atoms with E-state index in [1.165, 1.54) is 11.3 Å². The van der Waals surface area contributed by atoms with Gasteiger partial charge in [-0.1, -0.05) is 42.2 Å². The lowest BCUT2D eigenvalue weighted by atomic mass is 9.94. The molecule has 0 radical (unpaired) electrons. The first kappa shape index (κ1) is 9.30. The number of hydrogen-bond acceptors (Lipinski definition) is 1. The molecule has 0 saturated heterocycles. The molecule has 1 N–H and O–H groups in total. The molecule has 1 nitrogen and oxygen atoms in total. The van der Waals surface area contributed by atoms with Crippen LogP contribution in [0.5, 0.6) is 0 Å². The van der Waals surface area contributed by atoms with E-state index in [0.29, 0.717) is 5.92 Å². The highest BCUT2D eigenvalue weighted by atomic mass is 14.9. The van der Waals surface area contributed by atoms with Gasteiger partial charge in [-0.25, -0.2) is 0 Å². The lowest BCUT2D eigenvalue weighted by Gasteiger charge is -2.20. The Hall–Kier alpha value is -1.94. The molecule has 1 atom stereocenters. The average Bonchev–Trinajstić information content (AvgIpc) is 2.32. The van der Waals surface area contributed by atoms with Gasteiger partial charge in [0, 0.05) is 17.8 Å². The number of hydrogen-bond donors (Lipinski definition) is 1. The Kier molecular flexibility index (Phi) is 2.27. The second kappa shape index (κ2) is 3.90. The van der Waals surface area contributed by atoms with Gasteiger partial charge in [-0.2, -0.15) is 0 Å². The van der Waals surface area contributed by atoms with Crippen LogP contribution in [0.4, 0.5) is 0 Å². The normalized spacial score (nSPS) is 21.2. The van der Waals surface area contributed by atoms with Crippen molar-refractivity contribution in [3.8, 4) is 11.8 Å². The first-order valence-corrected chi connectivity index (χ1v) is 5.63. The van der Waals surface area contributed by atoms with Gasteiger partial charge in [0.2, 0.25) is 0 Å². The van der Waals surface area contributed by atoms with Gasteiger partial charge in [0.05, 0.1) is 5.92 Å². The molecular weight excluding hydrogens is 194 g/mol. The van der Waals surface area contributed by atoms with E-state index >= 15 is 0 Å². The molecule has 1 aromatic carbocycles. The van der Waals surface area contributed by atoms with Crippen molar-refractivity contribution in [2.75, 3.05) is 0 Å². The molecule has 1 aliphatic carbocycles. The van der Waals surface area contributed by atoms with Crippen molar-refractivity contribution >= 4 is 0 Å². The van der Waals surface area contributed by atoms with Crippen LogP contribution >= 0.6 is 0 Å². The second-order valence-electron chi connectivity index (χ2n) is 4.12. The van der Waals surface area contributed by atoms with Crippen LogP contribution in [0.25, 0.3) is 0 Å². The summed E-state index contributed by atoms with van der Waals surface area (Å²) in [5.74, 6) is 6.99. The molecule has 1 unspecified atom stereocenters. The quantitative estimate of drug-likeness (QED) is 0.645. The maximum absolute atomic E-state index is 3.49. The van der Waals surface area contributed by atoms with Crippen LogP contribution in [0.3, 0.4) is 0 Å². The highest BCUT2D eigenvalue weighted by Gasteiger charge is 2.14. The third kappa shape index (κ3) is 1.63. The zero-order valence-corrected chi connectivity index (χ0v) is 9.03. The van der Waals surface area contributed by atoms with Crippen LogP contribution in [-0.4, -0.2) is 0 Å². The number of nitrogens with one attached hydrogen (secondary N) is 1. The van der Waals surface area contributed by atoms with E-state index in [4.69, 9.17) is 0 Å². The molecule has 1 aliphatic heterocycles. The molecule has 3 rings (SSSR count). The number of benzene rings is 1. The van der Waals surface area contributed by atoms with E-state index < -0.39 is 0 Å². The smallest absolute Gasteiger partial charge is 0.0637 e. The minimum absolute atomic E-state index is 0.346. The highest BCUT2D eigenvalue weighted by Crippen LogP contribution is 2.20. The summed E-state index contributed by atoms with van der Waals surface area (Å²) in [6.07, 6.45) is 7.44. The molecule has 0 saturated carbocycles. The Bertz CT molecular complexity index is 526. The van der Waals surface area contributed by atoms with Crippen LogP contribution < -0.4 is 5.32 Å². The molecular formula is C15H13N. The Morgan fingerprint density at radius 2 is 2.19 bits per heavy atom. The van der Waals surface area contributed by atoms with E-state index in [-0.39, 0.29) is 0 Å². The maximum Gasteiger partial charge on any atom is 0.0637 e. The van der Waals surface area contributed by atoms with Crippen LogP contribution in [0.1, 0.15) is 17.5 Å². The summed E-state index contributed by atoms with van der Waals surface area (Å²) in [5.41, 5.74) is 3.69. The van der Waals surface area contributed by atoms with Crippen molar-refractivity contribution < 1.29 is 0 Å². The van der Waals surface area contributed by atoms with Crippen molar-refractivity contribution in [1.82, 2.24) is 5.32 Å². The van der Waals surface area contributed by atoms with Gasteiger partial charge in [0.1, 0.15) is 0 Å². The van der Waals surface area contributed by atoms with E-state index in [9.17, 15) is 0 Å². The fourth-order valence-electron chi connectivity index (χ4n) is 2.11. The summed E-state index contributed by atoms with van der Waals surface area (Å²) in [6, 6.07) is 8.34. The SMILES string of the molecule is C1#CC2CC=CC=C2NCc2ccccc21. The van der Waals surface area contributed by atoms with Gasteiger partial charge in [0.25, 0.3) is 0 Å². The molecule has 78 valence electrons. The van der Waals surface area contributed by atoms with Gasteiger partial charge in [-0.3, -0.25) is 0 Å². The predicted molar refractivity (Wildman–Crippen MR) is 65.5 cm³/mol. The highest BCUT2D eigenvalue weighted by molar-refractivity contribution is 5.44. The molecule has 1 heteroatoms. The predicted octanol–water partition coefficient (Wildman–Crippen LogP) is 2.60. The lowest BCUT2D eigenvalue weighted by Crippen LogP contribution is -2.22. The third-order valence-electron chi connectivity index (χ3n) is 3.04.